The van der Waals surface area contributed by atoms with E-state index in [1.165, 1.54) is 18.2 Å². The van der Waals surface area contributed by atoms with E-state index in [0.29, 0.717) is 22.3 Å². The molecule has 0 atom stereocenters. The number of nitrogens with zero attached hydrogens (tertiary/aromatic N) is 2. The predicted molar refractivity (Wildman–Crippen MR) is 77.4 cm³/mol. The molecule has 0 spiro atoms. The van der Waals surface area contributed by atoms with Crippen molar-refractivity contribution in [2.24, 2.45) is 0 Å². The monoisotopic (exact) mass is 303 g/mol. The molecule has 2 heterocycles. The summed E-state index contributed by atoms with van der Waals surface area (Å²) in [5.74, 6) is 0.125. The molecule has 8 nitrogen and oxygen atoms in total. The predicted octanol–water partition coefficient (Wildman–Crippen LogP) is 1.62. The van der Waals surface area contributed by atoms with Crippen molar-refractivity contribution in [3.05, 3.63) is 24.4 Å². The van der Waals surface area contributed by atoms with Crippen LogP contribution in [0.1, 0.15) is 6.42 Å². The van der Waals surface area contributed by atoms with Gasteiger partial charge < -0.3 is 9.84 Å². The van der Waals surface area contributed by atoms with Gasteiger partial charge in [0.1, 0.15) is 5.75 Å². The Bertz CT molecular complexity index is 795. The average molecular weight is 303 g/mol. The van der Waals surface area contributed by atoms with Crippen molar-refractivity contribution in [1.82, 2.24) is 9.88 Å². The van der Waals surface area contributed by atoms with Crippen LogP contribution < -0.4 is 15.0 Å². The largest absolute Gasteiger partial charge is 0.496 e. The van der Waals surface area contributed by atoms with Crippen molar-refractivity contribution in [3.8, 4) is 5.75 Å². The quantitative estimate of drug-likeness (QED) is 0.878. The number of hydrogen-bond donors (Lipinski definition) is 2. The number of urea groups is 1. The summed E-state index contributed by atoms with van der Waals surface area (Å²) >= 11 is 0. The number of imide groups is 1. The van der Waals surface area contributed by atoms with Crippen molar-refractivity contribution >= 4 is 34.6 Å². The first-order valence-electron chi connectivity index (χ1n) is 6.55. The standard InChI is InChI=1S/C14H13N3O5/c1-22-11-7-8(16-5-3-12(18)15-13(16)19)6-10-9(11)2-4-17(10)14(20)21/h2,4,6-7H,3,5H2,1H3,(H,20,21)(H,15,18,19). The molecule has 1 aliphatic rings. The number of ether oxygens (including phenoxy) is 1. The Hall–Kier alpha value is -3.03. The summed E-state index contributed by atoms with van der Waals surface area (Å²) in [5.41, 5.74) is 0.877. The Kier molecular flexibility index (Phi) is 3.21. The Labute approximate surface area is 124 Å². The van der Waals surface area contributed by atoms with Gasteiger partial charge in [-0.1, -0.05) is 0 Å². The van der Waals surface area contributed by atoms with Gasteiger partial charge >= 0.3 is 12.1 Å². The third kappa shape index (κ3) is 2.14. The second-order valence-corrected chi connectivity index (χ2v) is 4.80. The summed E-state index contributed by atoms with van der Waals surface area (Å²) in [6.07, 6.45) is 0.470. The average Bonchev–Trinajstić information content (AvgIpc) is 2.90. The van der Waals surface area contributed by atoms with Crippen molar-refractivity contribution in [3.63, 3.8) is 0 Å². The molecular weight excluding hydrogens is 290 g/mol. The molecule has 8 heteroatoms. The van der Waals surface area contributed by atoms with Gasteiger partial charge in [-0.2, -0.15) is 0 Å². The maximum absolute atomic E-state index is 11.9. The van der Waals surface area contributed by atoms with Gasteiger partial charge in [0.2, 0.25) is 5.91 Å². The Morgan fingerprint density at radius 2 is 2.14 bits per heavy atom. The zero-order valence-corrected chi connectivity index (χ0v) is 11.7. The Balaban J connectivity index is 2.14. The van der Waals surface area contributed by atoms with Crippen LogP contribution in [-0.4, -0.2) is 41.4 Å². The molecule has 1 fully saturated rings. The van der Waals surface area contributed by atoms with Crippen LogP contribution in [0.25, 0.3) is 10.9 Å². The van der Waals surface area contributed by atoms with E-state index < -0.39 is 12.1 Å². The van der Waals surface area contributed by atoms with E-state index in [1.54, 1.807) is 18.2 Å². The summed E-state index contributed by atoms with van der Waals surface area (Å²) in [6, 6.07) is 4.32. The highest BCUT2D eigenvalue weighted by Gasteiger charge is 2.25. The number of aromatic nitrogens is 1. The maximum atomic E-state index is 11.9. The molecule has 22 heavy (non-hydrogen) atoms. The Morgan fingerprint density at radius 3 is 2.77 bits per heavy atom. The van der Waals surface area contributed by atoms with Gasteiger partial charge in [-0.05, 0) is 12.1 Å². The lowest BCUT2D eigenvalue weighted by Gasteiger charge is -2.27. The number of fused-ring (bicyclic) bond motifs is 1. The number of carbonyl (C=O) groups excluding carboxylic acids is 2. The van der Waals surface area contributed by atoms with E-state index in [4.69, 9.17) is 4.74 Å². The van der Waals surface area contributed by atoms with Gasteiger partial charge in [-0.3, -0.25) is 19.6 Å². The summed E-state index contributed by atoms with van der Waals surface area (Å²) in [5, 5.41) is 12.1. The number of anilines is 1. The first-order valence-corrected chi connectivity index (χ1v) is 6.55. The van der Waals surface area contributed by atoms with Crippen molar-refractivity contribution in [1.29, 1.82) is 0 Å². The zero-order valence-electron chi connectivity index (χ0n) is 11.7. The highest BCUT2D eigenvalue weighted by atomic mass is 16.5. The van der Waals surface area contributed by atoms with Crippen molar-refractivity contribution in [2.45, 2.75) is 6.42 Å². The third-order valence-electron chi connectivity index (χ3n) is 3.55. The van der Waals surface area contributed by atoms with Crippen molar-refractivity contribution in [2.75, 3.05) is 18.6 Å². The molecule has 1 aromatic carbocycles. The fourth-order valence-electron chi connectivity index (χ4n) is 2.50. The number of rotatable bonds is 2. The molecule has 2 N–H and O–H groups in total. The highest BCUT2D eigenvalue weighted by molar-refractivity contribution is 6.07. The number of nitrogens with one attached hydrogen (secondary N) is 1. The molecule has 2 aromatic rings. The van der Waals surface area contributed by atoms with Crippen LogP contribution in [0.3, 0.4) is 0 Å². The topological polar surface area (TPSA) is 101 Å². The van der Waals surface area contributed by atoms with E-state index >= 15 is 0 Å². The minimum absolute atomic E-state index is 0.187. The van der Waals surface area contributed by atoms with Gasteiger partial charge in [0.15, 0.2) is 0 Å². The van der Waals surface area contributed by atoms with E-state index in [9.17, 15) is 19.5 Å². The van der Waals surface area contributed by atoms with E-state index in [2.05, 4.69) is 5.32 Å². The molecule has 1 aromatic heterocycles. The number of amides is 3. The molecule has 0 unspecified atom stereocenters. The van der Waals surface area contributed by atoms with Crippen molar-refractivity contribution < 1.29 is 24.2 Å². The van der Waals surface area contributed by atoms with Gasteiger partial charge in [0, 0.05) is 30.6 Å². The van der Waals surface area contributed by atoms with Crippen LogP contribution in [0, 0.1) is 0 Å². The fourth-order valence-corrected chi connectivity index (χ4v) is 2.50. The minimum atomic E-state index is -1.13. The van der Waals surface area contributed by atoms with Crippen LogP contribution in [-0.2, 0) is 4.79 Å². The molecule has 3 rings (SSSR count). The normalized spacial score (nSPS) is 15.0. The number of hydrogen-bond acceptors (Lipinski definition) is 4. The third-order valence-corrected chi connectivity index (χ3v) is 3.55. The molecule has 0 bridgehead atoms. The molecule has 1 saturated heterocycles. The van der Waals surface area contributed by atoms with Crippen LogP contribution >= 0.6 is 0 Å². The van der Waals surface area contributed by atoms with Crippen LogP contribution in [0.15, 0.2) is 24.4 Å². The van der Waals surface area contributed by atoms with Crippen LogP contribution in [0.5, 0.6) is 5.75 Å². The van der Waals surface area contributed by atoms with Gasteiger partial charge in [-0.15, -0.1) is 0 Å². The second kappa shape index (κ2) is 5.06. The van der Waals surface area contributed by atoms with E-state index in [1.807, 2.05) is 0 Å². The van der Waals surface area contributed by atoms with Crippen LogP contribution in [0.4, 0.5) is 15.3 Å². The summed E-state index contributed by atoms with van der Waals surface area (Å²) in [7, 11) is 1.47. The van der Waals surface area contributed by atoms with Gasteiger partial charge in [0.25, 0.3) is 0 Å². The molecule has 114 valence electrons. The highest BCUT2D eigenvalue weighted by Crippen LogP contribution is 2.33. The number of carbonyl (C=O) groups is 3. The molecule has 1 aliphatic heterocycles. The zero-order chi connectivity index (χ0) is 15.9. The van der Waals surface area contributed by atoms with Crippen LogP contribution in [0.2, 0.25) is 0 Å². The minimum Gasteiger partial charge on any atom is -0.496 e. The Morgan fingerprint density at radius 1 is 1.36 bits per heavy atom. The molecule has 0 saturated carbocycles. The van der Waals surface area contributed by atoms with E-state index in [-0.39, 0.29) is 18.9 Å². The fraction of sp³-hybridized carbons (Fsp3) is 0.214. The number of benzene rings is 1. The smallest absolute Gasteiger partial charge is 0.416 e. The van der Waals surface area contributed by atoms with Gasteiger partial charge in [0.05, 0.1) is 18.3 Å². The molecule has 0 aliphatic carbocycles. The maximum Gasteiger partial charge on any atom is 0.416 e. The second-order valence-electron chi connectivity index (χ2n) is 4.80. The lowest BCUT2D eigenvalue weighted by molar-refractivity contribution is -0.120. The summed E-state index contributed by atoms with van der Waals surface area (Å²) < 4.78 is 6.33. The number of carboxylic acid groups (broad SMARTS) is 1. The first kappa shape index (κ1) is 13.9. The van der Waals surface area contributed by atoms with E-state index in [0.717, 1.165) is 4.57 Å². The lowest BCUT2D eigenvalue weighted by atomic mass is 10.2. The molecule has 3 amide bonds. The summed E-state index contributed by atoms with van der Waals surface area (Å²) in [4.78, 5) is 35.8. The lowest BCUT2D eigenvalue weighted by Crippen LogP contribution is -2.49. The SMILES string of the molecule is COc1cc(N2CCC(=O)NC2=O)cc2c1ccn2C(=O)O. The first-order chi connectivity index (χ1) is 10.5. The summed E-state index contributed by atoms with van der Waals surface area (Å²) in [6.45, 7) is 0.229. The molecular formula is C14H13N3O5. The van der Waals surface area contributed by atoms with Gasteiger partial charge in [-0.25, -0.2) is 9.59 Å². The molecule has 0 radical (unpaired) electrons. The number of methoxy groups -OCH3 is 1.